The van der Waals surface area contributed by atoms with E-state index in [4.69, 9.17) is 11.6 Å². The second kappa shape index (κ2) is 9.10. The zero-order valence-corrected chi connectivity index (χ0v) is 18.8. The standard InChI is InChI=1S/C24H28ClF3N2O2/c1-14-17(23(32)29-20-4-2-3-5-22(20)31)13-21(30(14)11-10-15-6-7-15)18-12-16(24(26,27)28)8-9-19(18)25/h8-9,12-13,15,20,22,31H,2-7,10-11H2,1H3,(H,29,32)/t20-,22-/m1/s1. The van der Waals surface area contributed by atoms with Crippen LogP contribution in [-0.2, 0) is 12.7 Å². The second-order valence-electron chi connectivity index (χ2n) is 9.04. The number of nitrogens with one attached hydrogen (secondary N) is 1. The van der Waals surface area contributed by atoms with Crippen molar-refractivity contribution in [3.8, 4) is 11.3 Å². The van der Waals surface area contributed by atoms with Crippen LogP contribution in [0.4, 0.5) is 13.2 Å². The first kappa shape index (κ1) is 23.2. The van der Waals surface area contributed by atoms with Gasteiger partial charge in [-0.05, 0) is 56.4 Å². The largest absolute Gasteiger partial charge is 0.416 e. The third kappa shape index (κ3) is 4.99. The highest BCUT2D eigenvalue weighted by atomic mass is 35.5. The average Bonchev–Trinajstić information content (AvgIpc) is 3.50. The van der Waals surface area contributed by atoms with Crippen molar-refractivity contribution in [2.75, 3.05) is 0 Å². The van der Waals surface area contributed by atoms with Gasteiger partial charge in [0.2, 0.25) is 0 Å². The van der Waals surface area contributed by atoms with Crippen molar-refractivity contribution >= 4 is 17.5 Å². The molecule has 2 saturated carbocycles. The summed E-state index contributed by atoms with van der Waals surface area (Å²) in [6.07, 6.45) is 1.38. The molecule has 2 aliphatic carbocycles. The average molecular weight is 469 g/mol. The number of halogens is 4. The summed E-state index contributed by atoms with van der Waals surface area (Å²) in [5.41, 5.74) is 1.09. The molecule has 0 spiro atoms. The van der Waals surface area contributed by atoms with Crippen molar-refractivity contribution in [3.05, 3.63) is 46.1 Å². The minimum absolute atomic E-state index is 0.206. The van der Waals surface area contributed by atoms with Gasteiger partial charge in [-0.1, -0.05) is 37.3 Å². The maximum Gasteiger partial charge on any atom is 0.416 e. The highest BCUT2D eigenvalue weighted by Crippen LogP contribution is 2.39. The molecule has 8 heteroatoms. The normalized spacial score (nSPS) is 21.6. The Morgan fingerprint density at radius 2 is 1.91 bits per heavy atom. The number of amides is 1. The number of benzene rings is 1. The zero-order chi connectivity index (χ0) is 23.0. The molecule has 2 aliphatic rings. The summed E-state index contributed by atoms with van der Waals surface area (Å²) in [5.74, 6) is 0.305. The number of alkyl halides is 3. The van der Waals surface area contributed by atoms with Crippen molar-refractivity contribution in [1.29, 1.82) is 0 Å². The Hall–Kier alpha value is -1.99. The van der Waals surface area contributed by atoms with Crippen molar-refractivity contribution in [3.63, 3.8) is 0 Å². The molecule has 4 rings (SSSR count). The minimum atomic E-state index is -4.49. The Balaban J connectivity index is 1.71. The number of nitrogens with zero attached hydrogens (tertiary/aromatic N) is 1. The van der Waals surface area contributed by atoms with E-state index in [1.807, 2.05) is 11.5 Å². The van der Waals surface area contributed by atoms with Crippen LogP contribution >= 0.6 is 11.6 Å². The van der Waals surface area contributed by atoms with E-state index in [9.17, 15) is 23.1 Å². The molecule has 32 heavy (non-hydrogen) atoms. The Kier molecular flexibility index (Phi) is 6.59. The minimum Gasteiger partial charge on any atom is -0.391 e. The number of hydrogen-bond donors (Lipinski definition) is 2. The van der Waals surface area contributed by atoms with Crippen LogP contribution in [0.5, 0.6) is 0 Å². The zero-order valence-electron chi connectivity index (χ0n) is 18.0. The van der Waals surface area contributed by atoms with Gasteiger partial charge in [0.15, 0.2) is 0 Å². The molecule has 0 unspecified atom stereocenters. The summed E-state index contributed by atoms with van der Waals surface area (Å²) in [4.78, 5) is 13.1. The maximum atomic E-state index is 13.4. The third-order valence-corrected chi connectivity index (χ3v) is 7.01. The van der Waals surface area contributed by atoms with E-state index in [0.717, 1.165) is 44.2 Å². The van der Waals surface area contributed by atoms with Crippen molar-refractivity contribution in [1.82, 2.24) is 9.88 Å². The highest BCUT2D eigenvalue weighted by molar-refractivity contribution is 6.33. The number of aromatic nitrogens is 1. The predicted molar refractivity (Wildman–Crippen MR) is 118 cm³/mol. The summed E-state index contributed by atoms with van der Waals surface area (Å²) in [6, 6.07) is 4.59. The fourth-order valence-electron chi connectivity index (χ4n) is 4.53. The van der Waals surface area contributed by atoms with Crippen LogP contribution in [0, 0.1) is 12.8 Å². The molecule has 2 atom stereocenters. The number of carbonyl (C=O) groups is 1. The summed E-state index contributed by atoms with van der Waals surface area (Å²) >= 11 is 6.33. The van der Waals surface area contributed by atoms with Crippen LogP contribution in [-0.4, -0.2) is 27.7 Å². The van der Waals surface area contributed by atoms with Gasteiger partial charge in [-0.15, -0.1) is 0 Å². The maximum absolute atomic E-state index is 13.4. The Labute approximate surface area is 190 Å². The quantitative estimate of drug-likeness (QED) is 0.548. The first-order chi connectivity index (χ1) is 15.1. The van der Waals surface area contributed by atoms with Gasteiger partial charge in [-0.3, -0.25) is 4.79 Å². The molecule has 174 valence electrons. The van der Waals surface area contributed by atoms with Gasteiger partial charge >= 0.3 is 6.18 Å². The smallest absolute Gasteiger partial charge is 0.391 e. The van der Waals surface area contributed by atoms with Gasteiger partial charge in [0.1, 0.15) is 0 Å². The van der Waals surface area contributed by atoms with Gasteiger partial charge in [-0.2, -0.15) is 13.2 Å². The van der Waals surface area contributed by atoms with Gasteiger partial charge in [0.25, 0.3) is 5.91 Å². The lowest BCUT2D eigenvalue weighted by Crippen LogP contribution is -2.45. The lowest BCUT2D eigenvalue weighted by atomic mass is 9.92. The van der Waals surface area contributed by atoms with Crippen molar-refractivity contribution in [2.45, 2.75) is 76.7 Å². The highest BCUT2D eigenvalue weighted by Gasteiger charge is 2.32. The third-order valence-electron chi connectivity index (χ3n) is 6.68. The van der Waals surface area contributed by atoms with Crippen LogP contribution in [0.15, 0.2) is 24.3 Å². The van der Waals surface area contributed by atoms with Crippen molar-refractivity contribution < 1.29 is 23.1 Å². The molecule has 0 saturated heterocycles. The lowest BCUT2D eigenvalue weighted by molar-refractivity contribution is -0.137. The number of carbonyl (C=O) groups excluding carboxylic acids is 1. The summed E-state index contributed by atoms with van der Waals surface area (Å²) in [5, 5.41) is 13.4. The Morgan fingerprint density at radius 3 is 2.56 bits per heavy atom. The van der Waals surface area contributed by atoms with E-state index >= 15 is 0 Å². The molecule has 0 radical (unpaired) electrons. The van der Waals surface area contributed by atoms with E-state index in [-0.39, 0.29) is 22.5 Å². The summed E-state index contributed by atoms with van der Waals surface area (Å²) < 4.78 is 42.0. The van der Waals surface area contributed by atoms with Crippen LogP contribution in [0.1, 0.15) is 66.6 Å². The molecule has 2 fully saturated rings. The fourth-order valence-corrected chi connectivity index (χ4v) is 4.74. The Bertz CT molecular complexity index is 998. The molecular formula is C24H28ClF3N2O2. The molecule has 0 aliphatic heterocycles. The summed E-state index contributed by atoms with van der Waals surface area (Å²) in [6.45, 7) is 2.42. The molecular weight excluding hydrogens is 441 g/mol. The number of aliphatic hydroxyl groups is 1. The molecule has 1 heterocycles. The lowest BCUT2D eigenvalue weighted by Gasteiger charge is -2.28. The van der Waals surface area contributed by atoms with Gasteiger partial charge < -0.3 is 15.0 Å². The number of rotatable bonds is 6. The fraction of sp³-hybridized carbons (Fsp3) is 0.542. The van der Waals surface area contributed by atoms with Crippen LogP contribution < -0.4 is 5.32 Å². The second-order valence-corrected chi connectivity index (χ2v) is 9.44. The van der Waals surface area contributed by atoms with Crippen LogP contribution in [0.25, 0.3) is 11.3 Å². The number of aliphatic hydroxyl groups excluding tert-OH is 1. The molecule has 1 aromatic carbocycles. The van der Waals surface area contributed by atoms with Crippen LogP contribution in [0.2, 0.25) is 5.02 Å². The SMILES string of the molecule is Cc1c(C(=O)N[C@@H]2CCCC[C@H]2O)cc(-c2cc(C(F)(F)F)ccc2Cl)n1CCC1CC1. The number of hydrogen-bond acceptors (Lipinski definition) is 2. The Morgan fingerprint density at radius 1 is 1.19 bits per heavy atom. The van der Waals surface area contributed by atoms with Crippen molar-refractivity contribution in [2.24, 2.45) is 5.92 Å². The summed E-state index contributed by atoms with van der Waals surface area (Å²) in [7, 11) is 0. The van der Waals surface area contributed by atoms with Gasteiger partial charge in [0, 0.05) is 22.8 Å². The van der Waals surface area contributed by atoms with Crippen LogP contribution in [0.3, 0.4) is 0 Å². The molecule has 1 amide bonds. The first-order valence-electron chi connectivity index (χ1n) is 11.2. The van der Waals surface area contributed by atoms with Gasteiger partial charge in [0.05, 0.1) is 29.0 Å². The molecule has 1 aromatic heterocycles. The molecule has 0 bridgehead atoms. The first-order valence-corrected chi connectivity index (χ1v) is 11.6. The van der Waals surface area contributed by atoms with E-state index in [2.05, 4.69) is 5.32 Å². The van der Waals surface area contributed by atoms with E-state index in [1.165, 1.54) is 6.07 Å². The molecule has 2 aromatic rings. The monoisotopic (exact) mass is 468 g/mol. The van der Waals surface area contributed by atoms with E-state index in [1.54, 1.807) is 6.07 Å². The topological polar surface area (TPSA) is 54.3 Å². The van der Waals surface area contributed by atoms with E-state index < -0.39 is 17.8 Å². The van der Waals surface area contributed by atoms with E-state index in [0.29, 0.717) is 42.3 Å². The van der Waals surface area contributed by atoms with Gasteiger partial charge in [-0.25, -0.2) is 0 Å². The molecule has 2 N–H and O–H groups in total. The molecule has 4 nitrogen and oxygen atoms in total. The predicted octanol–water partition coefficient (Wildman–Crippen LogP) is 5.97.